The maximum absolute atomic E-state index is 14.6. The van der Waals surface area contributed by atoms with Crippen LogP contribution in [-0.2, 0) is 21.0 Å². The summed E-state index contributed by atoms with van der Waals surface area (Å²) in [5, 5.41) is 38.5. The quantitative estimate of drug-likeness (QED) is 0.0245. The van der Waals surface area contributed by atoms with Gasteiger partial charge in [-0.25, -0.2) is 0 Å². The smallest absolute Gasteiger partial charge is 0.269 e. The first-order chi connectivity index (χ1) is 33.7. The van der Waals surface area contributed by atoms with Gasteiger partial charge in [0, 0.05) is 56.7 Å². The third-order valence-corrected chi connectivity index (χ3v) is 14.5. The lowest BCUT2D eigenvalue weighted by atomic mass is 9.55. The number of carbonyl (C=O) groups excluding carboxylic acids is 1. The Labute approximate surface area is 408 Å². The molecule has 4 aromatic carbocycles. The minimum absolute atomic E-state index is 0.00497. The Morgan fingerprint density at radius 2 is 1.55 bits per heavy atom. The number of fused-ring (bicyclic) bond motifs is 3. The number of oxime groups is 1. The van der Waals surface area contributed by atoms with Crippen LogP contribution >= 0.6 is 0 Å². The van der Waals surface area contributed by atoms with Crippen LogP contribution in [0.2, 0.25) is 0 Å². The fraction of sp³-hybridized carbons (Fsp3) is 0.509. The number of nitro benzene ring substituents is 1. The van der Waals surface area contributed by atoms with Crippen molar-refractivity contribution in [3.05, 3.63) is 130 Å². The predicted molar refractivity (Wildman–Crippen MR) is 271 cm³/mol. The maximum atomic E-state index is 14.6. The van der Waals surface area contributed by atoms with Crippen LogP contribution in [0.1, 0.15) is 133 Å². The summed E-state index contributed by atoms with van der Waals surface area (Å²) >= 11 is 0. The van der Waals surface area contributed by atoms with Crippen molar-refractivity contribution in [1.29, 1.82) is 0 Å². The average Bonchev–Trinajstić information content (AvgIpc) is 3.36. The highest BCUT2D eigenvalue weighted by Gasteiger charge is 2.65. The zero-order valence-corrected chi connectivity index (χ0v) is 40.8. The molecule has 1 aliphatic heterocycles. The second-order valence-electron chi connectivity index (χ2n) is 19.2. The molecule has 0 spiro atoms. The first-order valence-electron chi connectivity index (χ1n) is 25.6. The second-order valence-corrected chi connectivity index (χ2v) is 19.2. The molecular formula is C57H73N3O9. The topological polar surface area (TPSA) is 153 Å². The highest BCUT2D eigenvalue weighted by Crippen LogP contribution is 2.62. The number of ether oxygens (including phenoxy) is 3. The molecule has 69 heavy (non-hydrogen) atoms. The van der Waals surface area contributed by atoms with E-state index in [0.717, 1.165) is 72.4 Å². The number of hydrogen-bond acceptors (Lipinski definition) is 10. The van der Waals surface area contributed by atoms with Gasteiger partial charge in [-0.2, -0.15) is 0 Å². The summed E-state index contributed by atoms with van der Waals surface area (Å²) in [6.45, 7) is 6.73. The number of rotatable bonds is 28. The van der Waals surface area contributed by atoms with Gasteiger partial charge >= 0.3 is 0 Å². The highest BCUT2D eigenvalue weighted by atomic mass is 16.7. The SMILES string of the molecule is C=CCOC12Oc3ccc(Oc4ccc5ccccc5c4)cc3C3C(CCCCO)C(CCCCO)C=C(C(=NOCc4ccc([N+](=O)[O-])cc4)CC1N(C)C(=O)CCCCCCCCCCC)C32. The minimum atomic E-state index is -1.36. The zero-order valence-electron chi connectivity index (χ0n) is 40.8. The molecule has 4 aromatic rings. The van der Waals surface area contributed by atoms with Gasteiger partial charge in [0.05, 0.1) is 23.2 Å². The molecule has 2 N–H and O–H groups in total. The number of allylic oxidation sites excluding steroid dienone is 1. The Morgan fingerprint density at radius 1 is 0.870 bits per heavy atom. The monoisotopic (exact) mass is 944 g/mol. The van der Waals surface area contributed by atoms with Gasteiger partial charge in [0.1, 0.15) is 29.9 Å². The number of non-ortho nitro benzene ring substituents is 1. The van der Waals surface area contributed by atoms with Crippen molar-refractivity contribution in [2.75, 3.05) is 26.9 Å². The fourth-order valence-electron chi connectivity index (χ4n) is 11.0. The molecule has 3 aliphatic rings. The minimum Gasteiger partial charge on any atom is -0.459 e. The molecule has 6 unspecified atom stereocenters. The third kappa shape index (κ3) is 12.6. The van der Waals surface area contributed by atoms with Gasteiger partial charge < -0.3 is 34.2 Å². The molecule has 6 atom stereocenters. The van der Waals surface area contributed by atoms with Crippen molar-refractivity contribution in [3.8, 4) is 17.2 Å². The van der Waals surface area contributed by atoms with E-state index < -0.39 is 22.7 Å². The number of nitrogens with zero attached hydrogens (tertiary/aromatic N) is 3. The van der Waals surface area contributed by atoms with Crippen molar-refractivity contribution >= 4 is 28.1 Å². The van der Waals surface area contributed by atoms with Crippen LogP contribution < -0.4 is 9.47 Å². The van der Waals surface area contributed by atoms with E-state index in [-0.39, 0.29) is 62.2 Å². The summed E-state index contributed by atoms with van der Waals surface area (Å²) in [6, 6.07) is 25.9. The van der Waals surface area contributed by atoms with E-state index in [4.69, 9.17) is 24.2 Å². The Morgan fingerprint density at radius 3 is 2.26 bits per heavy atom. The predicted octanol–water partition coefficient (Wildman–Crippen LogP) is 12.8. The Bertz CT molecular complexity index is 2380. The Kier molecular flexibility index (Phi) is 18.8. The molecule has 370 valence electrons. The van der Waals surface area contributed by atoms with Gasteiger partial charge in [0.2, 0.25) is 11.7 Å². The maximum Gasteiger partial charge on any atom is 0.269 e. The molecule has 0 saturated heterocycles. The first-order valence-corrected chi connectivity index (χ1v) is 25.6. The normalized spacial score (nSPS) is 22.0. The van der Waals surface area contributed by atoms with E-state index in [9.17, 15) is 25.1 Å². The number of carbonyl (C=O) groups is 1. The van der Waals surface area contributed by atoms with Crippen molar-refractivity contribution in [2.24, 2.45) is 22.9 Å². The molecule has 1 saturated carbocycles. The molecule has 0 radical (unpaired) electrons. The molecular weight excluding hydrogens is 871 g/mol. The van der Waals surface area contributed by atoms with Crippen LogP contribution in [0.5, 0.6) is 17.2 Å². The second kappa shape index (κ2) is 25.3. The highest BCUT2D eigenvalue weighted by molar-refractivity contribution is 6.03. The molecule has 7 rings (SSSR count). The van der Waals surface area contributed by atoms with E-state index in [1.807, 2.05) is 48.3 Å². The standard InChI is InChI=1S/C57H73N3O9/c1-4-6-7-8-9-10-11-12-13-24-54(63)59(3)53-39-51(58-67-40-41-25-28-45(29-26-41)60(64)65)49-37-44(22-16-18-33-61)48(23-17-19-34-62)55-50-38-47(68-46-30-27-42-20-14-15-21-43(42)36-46)31-32-52(50)69-57(53,56(49)55)66-35-5-2/h5,14-15,20-21,25-32,36-38,44,48,53,55-56,61-62H,2,4,6-13,16-19,22-24,33-35,39-40H2,1,3H3. The van der Waals surface area contributed by atoms with Crippen LogP contribution in [0.3, 0.4) is 0 Å². The van der Waals surface area contributed by atoms with E-state index in [1.165, 1.54) is 50.7 Å². The van der Waals surface area contributed by atoms with Crippen LogP contribution in [0.4, 0.5) is 5.69 Å². The van der Waals surface area contributed by atoms with Crippen molar-refractivity contribution in [1.82, 2.24) is 4.90 Å². The molecule has 0 aromatic heterocycles. The summed E-state index contributed by atoms with van der Waals surface area (Å²) in [4.78, 5) is 33.5. The number of benzene rings is 4. The first kappa shape index (κ1) is 51.3. The molecule has 12 nitrogen and oxygen atoms in total. The molecule has 12 heteroatoms. The molecule has 1 fully saturated rings. The van der Waals surface area contributed by atoms with E-state index >= 15 is 0 Å². The molecule has 1 heterocycles. The number of likely N-dealkylation sites (N-methyl/N-ethyl adjacent to an activating group) is 1. The average molecular weight is 944 g/mol. The number of unbranched alkanes of at least 4 members (excludes halogenated alkanes) is 10. The van der Waals surface area contributed by atoms with Gasteiger partial charge in [-0.1, -0.05) is 119 Å². The van der Waals surface area contributed by atoms with Gasteiger partial charge in [0.25, 0.3) is 5.69 Å². The lowest BCUT2D eigenvalue weighted by molar-refractivity contribution is -0.384. The summed E-state index contributed by atoms with van der Waals surface area (Å²) in [6.07, 6.45) is 19.6. The van der Waals surface area contributed by atoms with Crippen molar-refractivity contribution in [3.63, 3.8) is 0 Å². The molecule has 0 bridgehead atoms. The number of aliphatic hydroxyl groups is 2. The van der Waals surface area contributed by atoms with Crippen molar-refractivity contribution < 1.29 is 39.0 Å². The van der Waals surface area contributed by atoms with Crippen LogP contribution in [-0.4, -0.2) is 70.4 Å². The number of aliphatic hydroxyl groups excluding tert-OH is 2. The number of nitro groups is 1. The largest absolute Gasteiger partial charge is 0.459 e. The summed E-state index contributed by atoms with van der Waals surface area (Å²) < 4.78 is 21.1. The fourth-order valence-corrected chi connectivity index (χ4v) is 11.0. The van der Waals surface area contributed by atoms with Crippen LogP contribution in [0, 0.1) is 27.9 Å². The van der Waals surface area contributed by atoms with Crippen LogP contribution in [0.15, 0.2) is 114 Å². The van der Waals surface area contributed by atoms with Crippen LogP contribution in [0.25, 0.3) is 10.8 Å². The third-order valence-electron chi connectivity index (χ3n) is 14.5. The van der Waals surface area contributed by atoms with E-state index in [2.05, 4.69) is 43.8 Å². The van der Waals surface area contributed by atoms with Crippen molar-refractivity contribution in [2.45, 2.75) is 140 Å². The Hall–Kier alpha value is -5.56. The van der Waals surface area contributed by atoms with E-state index in [1.54, 1.807) is 18.2 Å². The zero-order chi connectivity index (χ0) is 48.6. The molecule has 1 amide bonds. The number of hydrogen-bond donors (Lipinski definition) is 2. The lowest BCUT2D eigenvalue weighted by Crippen LogP contribution is -2.69. The van der Waals surface area contributed by atoms with Gasteiger partial charge in [-0.3, -0.25) is 14.9 Å². The van der Waals surface area contributed by atoms with E-state index in [0.29, 0.717) is 42.2 Å². The number of amides is 1. The summed E-state index contributed by atoms with van der Waals surface area (Å²) in [5.74, 6) is 0.125. The van der Waals surface area contributed by atoms with Gasteiger partial charge in [-0.15, -0.1) is 6.58 Å². The summed E-state index contributed by atoms with van der Waals surface area (Å²) in [5.41, 5.74) is 3.31. The summed E-state index contributed by atoms with van der Waals surface area (Å²) in [7, 11) is 1.86. The van der Waals surface area contributed by atoms with Gasteiger partial charge in [-0.05, 0) is 108 Å². The lowest BCUT2D eigenvalue weighted by Gasteiger charge is -2.59. The molecule has 2 aliphatic carbocycles. The Balaban J connectivity index is 1.31. The van der Waals surface area contributed by atoms with Gasteiger partial charge in [0.15, 0.2) is 0 Å².